The highest BCUT2D eigenvalue weighted by Crippen LogP contribution is 2.36. The molecule has 0 unspecified atom stereocenters. The van der Waals surface area contributed by atoms with Gasteiger partial charge in [-0.05, 0) is 31.0 Å². The Morgan fingerprint density at radius 3 is 2.50 bits per heavy atom. The van der Waals surface area contributed by atoms with Gasteiger partial charge in [0.15, 0.2) is 11.5 Å². The van der Waals surface area contributed by atoms with E-state index in [2.05, 4.69) is 10.2 Å². The van der Waals surface area contributed by atoms with Crippen LogP contribution in [0.1, 0.15) is 31.4 Å². The van der Waals surface area contributed by atoms with Crippen LogP contribution in [-0.2, 0) is 0 Å². The van der Waals surface area contributed by atoms with Crippen LogP contribution in [0, 0.1) is 0 Å². The van der Waals surface area contributed by atoms with Crippen LogP contribution in [0.15, 0.2) is 18.2 Å². The first-order chi connectivity index (χ1) is 11.4. The normalized spacial score (nSPS) is 17.5. The van der Waals surface area contributed by atoms with Crippen LogP contribution in [-0.4, -0.2) is 51.0 Å². The van der Waals surface area contributed by atoms with Gasteiger partial charge in [-0.1, -0.05) is 6.07 Å². The van der Waals surface area contributed by atoms with E-state index in [4.69, 9.17) is 9.47 Å². The average Bonchev–Trinajstić information content (AvgIpc) is 2.55. The molecule has 136 valence electrons. The molecule has 0 spiro atoms. The number of piperazine rings is 1. The molecule has 0 aliphatic carbocycles. The van der Waals surface area contributed by atoms with Gasteiger partial charge in [-0.25, -0.2) is 0 Å². The number of nitrogens with zero attached hydrogens (tertiary/aromatic N) is 1. The third-order valence-corrected chi connectivity index (χ3v) is 4.17. The molecule has 1 aliphatic heterocycles. The standard InChI is InChI=1S/C17H25F3N2O2/c1-3-24-16-12-13(4-5-15(16)23-2)14(6-7-17(18,19)20)22-10-8-21-9-11-22/h4-5,12,14,21H,3,6-11H2,1-2H3/t14-/m0/s1. The molecular weight excluding hydrogens is 321 g/mol. The maximum Gasteiger partial charge on any atom is 0.389 e. The minimum absolute atomic E-state index is 0.0430. The molecule has 1 N–H and O–H groups in total. The Balaban J connectivity index is 2.25. The van der Waals surface area contributed by atoms with Crippen LogP contribution in [0.2, 0.25) is 0 Å². The second kappa shape index (κ2) is 8.58. The van der Waals surface area contributed by atoms with E-state index in [1.165, 1.54) is 0 Å². The lowest BCUT2D eigenvalue weighted by atomic mass is 9.98. The lowest BCUT2D eigenvalue weighted by molar-refractivity contribution is -0.138. The van der Waals surface area contributed by atoms with Gasteiger partial charge in [0.2, 0.25) is 0 Å². The molecule has 1 atom stereocenters. The van der Waals surface area contributed by atoms with Crippen LogP contribution in [0.25, 0.3) is 0 Å². The van der Waals surface area contributed by atoms with E-state index >= 15 is 0 Å². The second-order valence-corrected chi connectivity index (χ2v) is 5.80. The van der Waals surface area contributed by atoms with Crippen molar-refractivity contribution in [2.24, 2.45) is 0 Å². The zero-order valence-corrected chi connectivity index (χ0v) is 14.2. The molecule has 4 nitrogen and oxygen atoms in total. The molecule has 0 radical (unpaired) electrons. The Bertz CT molecular complexity index is 517. The molecule has 0 bridgehead atoms. The molecule has 1 aromatic rings. The first kappa shape index (κ1) is 18.9. The smallest absolute Gasteiger partial charge is 0.389 e. The van der Waals surface area contributed by atoms with E-state index in [9.17, 15) is 13.2 Å². The summed E-state index contributed by atoms with van der Waals surface area (Å²) in [6.07, 6.45) is -4.90. The number of nitrogens with one attached hydrogen (secondary N) is 1. The number of methoxy groups -OCH3 is 1. The summed E-state index contributed by atoms with van der Waals surface area (Å²) in [5, 5.41) is 3.23. The maximum absolute atomic E-state index is 12.7. The van der Waals surface area contributed by atoms with E-state index in [-0.39, 0.29) is 12.5 Å². The highest BCUT2D eigenvalue weighted by atomic mass is 19.4. The van der Waals surface area contributed by atoms with Crippen molar-refractivity contribution in [3.05, 3.63) is 23.8 Å². The number of hydrogen-bond donors (Lipinski definition) is 1. The van der Waals surface area contributed by atoms with Gasteiger partial charge in [0.1, 0.15) is 0 Å². The summed E-state index contributed by atoms with van der Waals surface area (Å²) >= 11 is 0. The highest BCUT2D eigenvalue weighted by molar-refractivity contribution is 5.44. The van der Waals surface area contributed by atoms with E-state index in [0.29, 0.717) is 18.1 Å². The van der Waals surface area contributed by atoms with Crippen LogP contribution in [0.4, 0.5) is 13.2 Å². The minimum atomic E-state index is -4.15. The van der Waals surface area contributed by atoms with Crippen LogP contribution in [0.5, 0.6) is 11.5 Å². The van der Waals surface area contributed by atoms with Gasteiger partial charge in [0.25, 0.3) is 0 Å². The van der Waals surface area contributed by atoms with Gasteiger partial charge in [-0.3, -0.25) is 4.90 Å². The SMILES string of the molecule is CCOc1cc([C@H](CCC(F)(F)F)N2CCNCC2)ccc1OC. The summed E-state index contributed by atoms with van der Waals surface area (Å²) in [5.41, 5.74) is 0.838. The predicted octanol–water partition coefficient (Wildman–Crippen LogP) is 3.38. The fourth-order valence-corrected chi connectivity index (χ4v) is 3.02. The maximum atomic E-state index is 12.7. The molecule has 1 heterocycles. The predicted molar refractivity (Wildman–Crippen MR) is 86.6 cm³/mol. The zero-order chi connectivity index (χ0) is 17.6. The fourth-order valence-electron chi connectivity index (χ4n) is 3.02. The number of halogens is 3. The van der Waals surface area contributed by atoms with Gasteiger partial charge in [-0.2, -0.15) is 13.2 Å². The van der Waals surface area contributed by atoms with Crippen molar-refractivity contribution < 1.29 is 22.6 Å². The zero-order valence-electron chi connectivity index (χ0n) is 14.2. The minimum Gasteiger partial charge on any atom is -0.493 e. The number of rotatable bonds is 7. The van der Waals surface area contributed by atoms with E-state index in [1.807, 2.05) is 19.1 Å². The molecule has 1 aliphatic rings. The Hall–Kier alpha value is -1.47. The molecule has 24 heavy (non-hydrogen) atoms. The van der Waals surface area contributed by atoms with Gasteiger partial charge < -0.3 is 14.8 Å². The first-order valence-electron chi connectivity index (χ1n) is 8.27. The van der Waals surface area contributed by atoms with Crippen molar-refractivity contribution in [2.75, 3.05) is 39.9 Å². The van der Waals surface area contributed by atoms with Gasteiger partial charge in [-0.15, -0.1) is 0 Å². The fraction of sp³-hybridized carbons (Fsp3) is 0.647. The van der Waals surface area contributed by atoms with Gasteiger partial charge in [0, 0.05) is 38.6 Å². The topological polar surface area (TPSA) is 33.7 Å². The molecule has 1 fully saturated rings. The summed E-state index contributed by atoms with van der Waals surface area (Å²) in [5.74, 6) is 1.17. The Morgan fingerprint density at radius 1 is 1.21 bits per heavy atom. The monoisotopic (exact) mass is 346 g/mol. The van der Waals surface area contributed by atoms with Crippen molar-refractivity contribution in [3.8, 4) is 11.5 Å². The number of hydrogen-bond acceptors (Lipinski definition) is 4. The Labute approximate surface area is 140 Å². The van der Waals surface area contributed by atoms with Crippen molar-refractivity contribution in [3.63, 3.8) is 0 Å². The van der Waals surface area contributed by atoms with E-state index in [1.54, 1.807) is 13.2 Å². The summed E-state index contributed by atoms with van der Waals surface area (Å²) in [7, 11) is 1.55. The number of alkyl halides is 3. The van der Waals surface area contributed by atoms with Crippen molar-refractivity contribution in [1.29, 1.82) is 0 Å². The number of benzene rings is 1. The average molecular weight is 346 g/mol. The third kappa shape index (κ3) is 5.27. The molecule has 0 saturated carbocycles. The van der Waals surface area contributed by atoms with E-state index < -0.39 is 12.6 Å². The Kier molecular flexibility index (Phi) is 6.74. The first-order valence-corrected chi connectivity index (χ1v) is 8.27. The molecule has 0 amide bonds. The molecule has 0 aromatic heterocycles. The highest BCUT2D eigenvalue weighted by Gasteiger charge is 2.31. The largest absolute Gasteiger partial charge is 0.493 e. The lowest BCUT2D eigenvalue weighted by Gasteiger charge is -2.35. The van der Waals surface area contributed by atoms with Crippen LogP contribution >= 0.6 is 0 Å². The summed E-state index contributed by atoms with van der Waals surface area (Å²) in [6, 6.07) is 5.14. The second-order valence-electron chi connectivity index (χ2n) is 5.80. The molecule has 1 saturated heterocycles. The third-order valence-electron chi connectivity index (χ3n) is 4.17. The van der Waals surface area contributed by atoms with Crippen molar-refractivity contribution in [1.82, 2.24) is 10.2 Å². The molecular formula is C17H25F3N2O2. The van der Waals surface area contributed by atoms with Crippen molar-refractivity contribution >= 4 is 0 Å². The van der Waals surface area contributed by atoms with Crippen LogP contribution in [0.3, 0.4) is 0 Å². The quantitative estimate of drug-likeness (QED) is 0.821. The summed E-state index contributed by atoms with van der Waals surface area (Å²) in [6.45, 7) is 5.38. The van der Waals surface area contributed by atoms with Gasteiger partial charge >= 0.3 is 6.18 Å². The van der Waals surface area contributed by atoms with Crippen LogP contribution < -0.4 is 14.8 Å². The van der Waals surface area contributed by atoms with E-state index in [0.717, 1.165) is 31.7 Å². The van der Waals surface area contributed by atoms with Gasteiger partial charge in [0.05, 0.1) is 13.7 Å². The summed E-state index contributed by atoms with van der Waals surface area (Å²) < 4.78 is 49.1. The Morgan fingerprint density at radius 2 is 1.92 bits per heavy atom. The molecule has 2 rings (SSSR count). The molecule has 7 heteroatoms. The number of ether oxygens (including phenoxy) is 2. The molecule has 1 aromatic carbocycles. The summed E-state index contributed by atoms with van der Waals surface area (Å²) in [4.78, 5) is 2.11. The lowest BCUT2D eigenvalue weighted by Crippen LogP contribution is -2.45. The van der Waals surface area contributed by atoms with Crippen molar-refractivity contribution in [2.45, 2.75) is 32.0 Å².